The first kappa shape index (κ1) is 15.0. The van der Waals surface area contributed by atoms with Gasteiger partial charge in [0.25, 0.3) is 5.91 Å². The normalized spacial score (nSPS) is 10.4. The van der Waals surface area contributed by atoms with Crippen LogP contribution in [0.1, 0.15) is 16.1 Å². The lowest BCUT2D eigenvalue weighted by atomic mass is 10.2. The van der Waals surface area contributed by atoms with Crippen molar-refractivity contribution in [3.05, 3.63) is 62.6 Å². The van der Waals surface area contributed by atoms with Crippen molar-refractivity contribution >= 4 is 23.4 Å². The average Bonchev–Trinajstić information content (AvgIpc) is 2.92. The zero-order valence-electron chi connectivity index (χ0n) is 10.9. The van der Waals surface area contributed by atoms with Gasteiger partial charge in [-0.25, -0.2) is 4.39 Å². The summed E-state index contributed by atoms with van der Waals surface area (Å²) < 4.78 is 18.5. The first-order valence-corrected chi connectivity index (χ1v) is 6.20. The lowest BCUT2D eigenvalue weighted by Gasteiger charge is -2.17. The summed E-state index contributed by atoms with van der Waals surface area (Å²) in [5.41, 5.74) is 0.163. The van der Waals surface area contributed by atoms with E-state index in [0.29, 0.717) is 0 Å². The van der Waals surface area contributed by atoms with Crippen LogP contribution in [0.5, 0.6) is 0 Å². The fraction of sp³-hybridized carbons (Fsp3) is 0.154. The number of hydrogen-bond acceptors (Lipinski definition) is 4. The maximum atomic E-state index is 13.7. The fourth-order valence-electron chi connectivity index (χ4n) is 1.72. The van der Waals surface area contributed by atoms with E-state index < -0.39 is 22.5 Å². The highest BCUT2D eigenvalue weighted by Gasteiger charge is 2.21. The van der Waals surface area contributed by atoms with Crippen LogP contribution in [0.25, 0.3) is 0 Å². The van der Waals surface area contributed by atoms with Crippen molar-refractivity contribution < 1.29 is 18.5 Å². The van der Waals surface area contributed by atoms with Crippen LogP contribution in [-0.2, 0) is 6.54 Å². The molecule has 0 bridgehead atoms. The van der Waals surface area contributed by atoms with Gasteiger partial charge in [0.15, 0.2) is 5.76 Å². The number of rotatable bonds is 4. The number of carbonyl (C=O) groups is 1. The van der Waals surface area contributed by atoms with Crippen LogP contribution in [0, 0.1) is 15.9 Å². The second kappa shape index (κ2) is 5.92. The summed E-state index contributed by atoms with van der Waals surface area (Å²) in [6, 6.07) is 6.48. The number of nitro groups is 1. The first-order valence-electron chi connectivity index (χ1n) is 5.82. The van der Waals surface area contributed by atoms with Gasteiger partial charge in [-0.3, -0.25) is 14.9 Å². The van der Waals surface area contributed by atoms with Crippen molar-refractivity contribution in [3.8, 4) is 0 Å². The molecule has 0 aliphatic carbocycles. The summed E-state index contributed by atoms with van der Waals surface area (Å²) in [4.78, 5) is 23.0. The molecule has 0 spiro atoms. The van der Waals surface area contributed by atoms with Gasteiger partial charge in [0, 0.05) is 17.6 Å². The molecule has 1 amide bonds. The summed E-state index contributed by atoms with van der Waals surface area (Å²) in [6.07, 6.45) is 0. The Morgan fingerprint density at radius 3 is 2.71 bits per heavy atom. The van der Waals surface area contributed by atoms with E-state index in [1.54, 1.807) is 0 Å². The maximum Gasteiger partial charge on any atom is 0.433 e. The molecule has 21 heavy (non-hydrogen) atoms. The van der Waals surface area contributed by atoms with Crippen LogP contribution < -0.4 is 0 Å². The molecule has 110 valence electrons. The van der Waals surface area contributed by atoms with Crippen LogP contribution in [0.4, 0.5) is 10.3 Å². The van der Waals surface area contributed by atoms with Crippen molar-refractivity contribution in [2.24, 2.45) is 0 Å². The molecule has 2 rings (SSSR count). The third-order valence-electron chi connectivity index (χ3n) is 2.79. The average molecular weight is 313 g/mol. The topological polar surface area (TPSA) is 76.6 Å². The van der Waals surface area contributed by atoms with Crippen molar-refractivity contribution in [1.29, 1.82) is 0 Å². The highest BCUT2D eigenvalue weighted by atomic mass is 35.5. The Hall–Kier alpha value is -2.41. The molecule has 0 radical (unpaired) electrons. The Balaban J connectivity index is 2.17. The van der Waals surface area contributed by atoms with Crippen molar-refractivity contribution in [2.75, 3.05) is 7.05 Å². The molecule has 0 atom stereocenters. The fourth-order valence-corrected chi connectivity index (χ4v) is 1.94. The summed E-state index contributed by atoms with van der Waals surface area (Å²) in [5, 5.41) is 10.7. The van der Waals surface area contributed by atoms with Crippen LogP contribution in [0.15, 0.2) is 34.7 Å². The van der Waals surface area contributed by atoms with E-state index in [-0.39, 0.29) is 22.9 Å². The molecule has 6 nitrogen and oxygen atoms in total. The third-order valence-corrected chi connectivity index (χ3v) is 3.14. The zero-order valence-corrected chi connectivity index (χ0v) is 11.6. The van der Waals surface area contributed by atoms with Gasteiger partial charge in [-0.05, 0) is 18.2 Å². The maximum absolute atomic E-state index is 13.7. The van der Waals surface area contributed by atoms with Crippen LogP contribution >= 0.6 is 11.6 Å². The Labute approximate surface area is 123 Å². The zero-order chi connectivity index (χ0) is 15.6. The van der Waals surface area contributed by atoms with Gasteiger partial charge < -0.3 is 9.32 Å². The van der Waals surface area contributed by atoms with E-state index in [9.17, 15) is 19.3 Å². The molecule has 0 fully saturated rings. The predicted octanol–water partition coefficient (Wildman–Crippen LogP) is 3.25. The van der Waals surface area contributed by atoms with E-state index in [1.807, 2.05) is 0 Å². The molecule has 0 saturated carbocycles. The standard InChI is InChI=1S/C13H10ClFN2O4/c1-16(7-8-9(14)3-2-4-10(8)15)13(18)11-5-6-12(21-11)17(19)20/h2-6H,7H2,1H3. The minimum absolute atomic E-state index is 0.0845. The number of furan rings is 1. The first-order chi connectivity index (χ1) is 9.90. The lowest BCUT2D eigenvalue weighted by Crippen LogP contribution is -2.26. The summed E-state index contributed by atoms with van der Waals surface area (Å²) >= 11 is 5.88. The Morgan fingerprint density at radius 1 is 1.43 bits per heavy atom. The Bertz CT molecular complexity index is 681. The molecule has 0 aliphatic heterocycles. The van der Waals surface area contributed by atoms with Crippen molar-refractivity contribution in [2.45, 2.75) is 6.54 Å². The predicted molar refractivity (Wildman–Crippen MR) is 72.6 cm³/mol. The largest absolute Gasteiger partial charge is 0.433 e. The molecule has 0 saturated heterocycles. The van der Waals surface area contributed by atoms with E-state index in [2.05, 4.69) is 0 Å². The highest BCUT2D eigenvalue weighted by molar-refractivity contribution is 6.31. The summed E-state index contributed by atoms with van der Waals surface area (Å²) in [5.74, 6) is -1.87. The highest BCUT2D eigenvalue weighted by Crippen LogP contribution is 2.22. The second-order valence-electron chi connectivity index (χ2n) is 4.26. The van der Waals surface area contributed by atoms with E-state index in [0.717, 1.165) is 11.0 Å². The molecule has 1 heterocycles. The molecule has 8 heteroatoms. The van der Waals surface area contributed by atoms with Crippen LogP contribution in [-0.4, -0.2) is 22.8 Å². The van der Waals surface area contributed by atoms with Crippen molar-refractivity contribution in [3.63, 3.8) is 0 Å². The van der Waals surface area contributed by atoms with Gasteiger partial charge in [-0.1, -0.05) is 17.7 Å². The summed E-state index contributed by atoms with van der Waals surface area (Å²) in [6.45, 7) is -0.0845. The Kier molecular flexibility index (Phi) is 4.23. The molecule has 0 N–H and O–H groups in total. The molecule has 0 aliphatic rings. The smallest absolute Gasteiger partial charge is 0.395 e. The molecular weight excluding hydrogens is 303 g/mol. The summed E-state index contributed by atoms with van der Waals surface area (Å²) in [7, 11) is 1.42. The quantitative estimate of drug-likeness (QED) is 0.641. The molecular formula is C13H10ClFN2O4. The number of nitrogens with zero attached hydrogens (tertiary/aromatic N) is 2. The molecule has 1 aromatic heterocycles. The molecule has 0 unspecified atom stereocenters. The van der Waals surface area contributed by atoms with Crippen molar-refractivity contribution in [1.82, 2.24) is 4.90 Å². The molecule has 1 aromatic carbocycles. The third kappa shape index (κ3) is 3.19. The minimum Gasteiger partial charge on any atom is -0.395 e. The number of hydrogen-bond donors (Lipinski definition) is 0. The lowest BCUT2D eigenvalue weighted by molar-refractivity contribution is -0.402. The SMILES string of the molecule is CN(Cc1c(F)cccc1Cl)C(=O)c1ccc([N+](=O)[O-])o1. The van der Waals surface area contributed by atoms with Gasteiger partial charge >= 0.3 is 5.88 Å². The van der Waals surface area contributed by atoms with E-state index in [1.165, 1.54) is 31.3 Å². The van der Waals surface area contributed by atoms with E-state index >= 15 is 0 Å². The number of carbonyl (C=O) groups excluding carboxylic acids is 1. The monoisotopic (exact) mass is 312 g/mol. The van der Waals surface area contributed by atoms with Crippen LogP contribution in [0.3, 0.4) is 0 Å². The Morgan fingerprint density at radius 2 is 2.14 bits per heavy atom. The van der Waals surface area contributed by atoms with Crippen LogP contribution in [0.2, 0.25) is 5.02 Å². The van der Waals surface area contributed by atoms with Gasteiger partial charge in [-0.2, -0.15) is 0 Å². The van der Waals surface area contributed by atoms with Gasteiger partial charge in [0.2, 0.25) is 0 Å². The minimum atomic E-state index is -0.746. The number of benzene rings is 1. The van der Waals surface area contributed by atoms with Gasteiger partial charge in [0.05, 0.1) is 12.6 Å². The van der Waals surface area contributed by atoms with E-state index in [4.69, 9.17) is 16.0 Å². The number of amides is 1. The second-order valence-corrected chi connectivity index (χ2v) is 4.66. The van der Waals surface area contributed by atoms with Gasteiger partial charge in [0.1, 0.15) is 10.7 Å². The molecule has 2 aromatic rings. The number of halogens is 2. The van der Waals surface area contributed by atoms with Gasteiger partial charge in [-0.15, -0.1) is 0 Å².